The van der Waals surface area contributed by atoms with Gasteiger partial charge in [0, 0.05) is 16.2 Å². The quantitative estimate of drug-likeness (QED) is 0.685. The Balaban J connectivity index is 1.99. The van der Waals surface area contributed by atoms with Crippen molar-refractivity contribution in [3.05, 3.63) is 50.9 Å². The number of aromatic nitrogens is 2. The molecule has 0 spiro atoms. The highest BCUT2D eigenvalue weighted by atomic mass is 127. The van der Waals surface area contributed by atoms with Gasteiger partial charge in [0.1, 0.15) is 17.3 Å². The lowest BCUT2D eigenvalue weighted by atomic mass is 10.2. The maximum atomic E-state index is 5.76. The predicted molar refractivity (Wildman–Crippen MR) is 73.5 cm³/mol. The van der Waals surface area contributed by atoms with E-state index in [0.29, 0.717) is 5.15 Å². The Bertz CT molecular complexity index is 473. The number of benzene rings is 1. The third kappa shape index (κ3) is 3.31. The molecule has 0 saturated carbocycles. The first-order valence-electron chi connectivity index (χ1n) is 4.70. The minimum Gasteiger partial charge on any atom is -0.366 e. The summed E-state index contributed by atoms with van der Waals surface area (Å²) in [4.78, 5) is 7.88. The van der Waals surface area contributed by atoms with E-state index in [4.69, 9.17) is 11.6 Å². The van der Waals surface area contributed by atoms with Crippen molar-refractivity contribution < 1.29 is 0 Å². The maximum absolute atomic E-state index is 5.76. The van der Waals surface area contributed by atoms with Crippen molar-refractivity contribution in [1.29, 1.82) is 0 Å². The number of nitrogens with zero attached hydrogens (tertiary/aromatic N) is 2. The number of nitrogens with one attached hydrogen (secondary N) is 1. The van der Waals surface area contributed by atoms with E-state index >= 15 is 0 Å². The molecule has 0 radical (unpaired) electrons. The largest absolute Gasteiger partial charge is 0.366 e. The average Bonchev–Trinajstić information content (AvgIpc) is 2.28. The van der Waals surface area contributed by atoms with Crippen LogP contribution >= 0.6 is 34.2 Å². The molecule has 0 bridgehead atoms. The standard InChI is InChI=1S/C11H9ClIN3/c12-10-5-11(16-7-15-10)14-6-8-1-3-9(13)4-2-8/h1-5,7H,6H2,(H,14,15,16). The van der Waals surface area contributed by atoms with E-state index in [2.05, 4.69) is 62.1 Å². The molecule has 0 aliphatic heterocycles. The fourth-order valence-electron chi connectivity index (χ4n) is 1.23. The van der Waals surface area contributed by atoms with Gasteiger partial charge >= 0.3 is 0 Å². The molecule has 2 aromatic rings. The minimum absolute atomic E-state index is 0.445. The van der Waals surface area contributed by atoms with Gasteiger partial charge in [0.25, 0.3) is 0 Å². The topological polar surface area (TPSA) is 37.8 Å². The van der Waals surface area contributed by atoms with Crippen LogP contribution in [-0.2, 0) is 6.54 Å². The second-order valence-corrected chi connectivity index (χ2v) is 4.84. The van der Waals surface area contributed by atoms with Gasteiger partial charge in [0.2, 0.25) is 0 Å². The highest BCUT2D eigenvalue weighted by Crippen LogP contribution is 2.11. The smallest absolute Gasteiger partial charge is 0.134 e. The molecule has 0 atom stereocenters. The first kappa shape index (κ1) is 11.6. The van der Waals surface area contributed by atoms with Gasteiger partial charge in [-0.2, -0.15) is 0 Å². The zero-order valence-corrected chi connectivity index (χ0v) is 11.2. The van der Waals surface area contributed by atoms with E-state index in [-0.39, 0.29) is 0 Å². The van der Waals surface area contributed by atoms with Crippen molar-refractivity contribution in [2.75, 3.05) is 5.32 Å². The van der Waals surface area contributed by atoms with Gasteiger partial charge in [0.15, 0.2) is 0 Å². The van der Waals surface area contributed by atoms with Crippen LogP contribution in [0.4, 0.5) is 5.82 Å². The van der Waals surface area contributed by atoms with Gasteiger partial charge in [-0.1, -0.05) is 23.7 Å². The summed E-state index contributed by atoms with van der Waals surface area (Å²) in [6.07, 6.45) is 1.44. The maximum Gasteiger partial charge on any atom is 0.134 e. The lowest BCUT2D eigenvalue weighted by molar-refractivity contribution is 1.08. The molecule has 1 aromatic carbocycles. The van der Waals surface area contributed by atoms with Crippen LogP contribution in [-0.4, -0.2) is 9.97 Å². The molecule has 1 aromatic heterocycles. The zero-order chi connectivity index (χ0) is 11.4. The summed E-state index contributed by atoms with van der Waals surface area (Å²) in [7, 11) is 0. The van der Waals surface area contributed by atoms with E-state index in [1.807, 2.05) is 0 Å². The molecule has 3 nitrogen and oxygen atoms in total. The monoisotopic (exact) mass is 345 g/mol. The Morgan fingerprint density at radius 2 is 1.94 bits per heavy atom. The molecule has 0 aliphatic carbocycles. The Kier molecular flexibility index (Phi) is 3.95. The van der Waals surface area contributed by atoms with Crippen LogP contribution in [0, 0.1) is 3.57 Å². The first-order valence-corrected chi connectivity index (χ1v) is 6.15. The van der Waals surface area contributed by atoms with Crippen molar-refractivity contribution in [1.82, 2.24) is 9.97 Å². The summed E-state index contributed by atoms with van der Waals surface area (Å²) in [5, 5.41) is 3.63. The molecule has 0 amide bonds. The summed E-state index contributed by atoms with van der Waals surface area (Å²) in [5.41, 5.74) is 1.20. The van der Waals surface area contributed by atoms with Crippen molar-refractivity contribution >= 4 is 40.0 Å². The van der Waals surface area contributed by atoms with Gasteiger partial charge < -0.3 is 5.32 Å². The molecule has 2 rings (SSSR count). The fourth-order valence-corrected chi connectivity index (χ4v) is 1.73. The fraction of sp³-hybridized carbons (Fsp3) is 0.0909. The second kappa shape index (κ2) is 5.45. The van der Waals surface area contributed by atoms with Crippen molar-refractivity contribution in [3.8, 4) is 0 Å². The van der Waals surface area contributed by atoms with Crippen LogP contribution < -0.4 is 5.32 Å². The molecule has 0 unspecified atom stereocenters. The SMILES string of the molecule is Clc1cc(NCc2ccc(I)cc2)ncn1. The molecular formula is C11H9ClIN3. The molecule has 1 heterocycles. The molecule has 0 aliphatic rings. The minimum atomic E-state index is 0.445. The van der Waals surface area contributed by atoms with E-state index in [1.165, 1.54) is 15.5 Å². The normalized spacial score (nSPS) is 10.1. The molecule has 5 heteroatoms. The van der Waals surface area contributed by atoms with Crippen molar-refractivity contribution in [2.45, 2.75) is 6.54 Å². The number of halogens is 2. The summed E-state index contributed by atoms with van der Waals surface area (Å²) >= 11 is 8.04. The van der Waals surface area contributed by atoms with Gasteiger partial charge in [-0.15, -0.1) is 0 Å². The second-order valence-electron chi connectivity index (χ2n) is 3.21. The van der Waals surface area contributed by atoms with Gasteiger partial charge in [0.05, 0.1) is 0 Å². The van der Waals surface area contributed by atoms with Crippen LogP contribution in [0.5, 0.6) is 0 Å². The van der Waals surface area contributed by atoms with Gasteiger partial charge in [-0.3, -0.25) is 0 Å². The molecule has 16 heavy (non-hydrogen) atoms. The van der Waals surface area contributed by atoms with E-state index in [1.54, 1.807) is 6.07 Å². The third-order valence-corrected chi connectivity index (χ3v) is 2.95. The number of anilines is 1. The van der Waals surface area contributed by atoms with Crippen LogP contribution in [0.1, 0.15) is 5.56 Å². The lowest BCUT2D eigenvalue weighted by Crippen LogP contribution is -2.01. The Labute approximate surface area is 112 Å². The van der Waals surface area contributed by atoms with Gasteiger partial charge in [-0.25, -0.2) is 9.97 Å². The van der Waals surface area contributed by atoms with E-state index in [9.17, 15) is 0 Å². The van der Waals surface area contributed by atoms with Crippen LogP contribution in [0.15, 0.2) is 36.7 Å². The molecular weight excluding hydrogens is 336 g/mol. The molecule has 0 fully saturated rings. The summed E-state index contributed by atoms with van der Waals surface area (Å²) in [5.74, 6) is 0.735. The van der Waals surface area contributed by atoms with Crippen LogP contribution in [0.2, 0.25) is 5.15 Å². The Hall–Kier alpha value is -0.880. The highest BCUT2D eigenvalue weighted by Gasteiger charge is 1.96. The zero-order valence-electron chi connectivity index (χ0n) is 8.32. The van der Waals surface area contributed by atoms with Crippen molar-refractivity contribution in [2.24, 2.45) is 0 Å². The predicted octanol–water partition coefficient (Wildman–Crippen LogP) is 3.35. The summed E-state index contributed by atoms with van der Waals surface area (Å²) in [6.45, 7) is 0.726. The Morgan fingerprint density at radius 1 is 1.19 bits per heavy atom. The van der Waals surface area contributed by atoms with Crippen LogP contribution in [0.3, 0.4) is 0 Å². The number of hydrogen-bond acceptors (Lipinski definition) is 3. The molecule has 1 N–H and O–H groups in total. The highest BCUT2D eigenvalue weighted by molar-refractivity contribution is 14.1. The number of rotatable bonds is 3. The van der Waals surface area contributed by atoms with Gasteiger partial charge in [-0.05, 0) is 40.3 Å². The van der Waals surface area contributed by atoms with Crippen LogP contribution in [0.25, 0.3) is 0 Å². The van der Waals surface area contributed by atoms with E-state index in [0.717, 1.165) is 12.4 Å². The number of hydrogen-bond donors (Lipinski definition) is 1. The van der Waals surface area contributed by atoms with E-state index < -0.39 is 0 Å². The summed E-state index contributed by atoms with van der Waals surface area (Å²) < 4.78 is 1.23. The first-order chi connectivity index (χ1) is 7.74. The molecule has 0 saturated heterocycles. The molecule has 82 valence electrons. The average molecular weight is 346 g/mol. The Morgan fingerprint density at radius 3 is 2.62 bits per heavy atom. The third-order valence-electron chi connectivity index (χ3n) is 2.02. The lowest BCUT2D eigenvalue weighted by Gasteiger charge is -2.05. The summed E-state index contributed by atoms with van der Waals surface area (Å²) in [6, 6.07) is 10.0. The van der Waals surface area contributed by atoms with Crippen molar-refractivity contribution in [3.63, 3.8) is 0 Å².